The number of rotatable bonds is 6. The van der Waals surface area contributed by atoms with Crippen molar-refractivity contribution in [1.82, 2.24) is 25.7 Å². The maximum atomic E-state index is 12.3. The molecule has 2 aromatic rings. The van der Waals surface area contributed by atoms with Gasteiger partial charge in [0.25, 0.3) is 5.91 Å². The van der Waals surface area contributed by atoms with Crippen molar-refractivity contribution in [2.24, 2.45) is 0 Å². The molecular formula is C17H18BrN5O3S. The second-order valence-corrected chi connectivity index (χ2v) is 8.07. The molecule has 10 heteroatoms. The normalized spacial score (nSPS) is 19.3. The van der Waals surface area contributed by atoms with Crippen LogP contribution in [0.4, 0.5) is 4.79 Å². The summed E-state index contributed by atoms with van der Waals surface area (Å²) in [7, 11) is 0. The molecule has 0 radical (unpaired) electrons. The van der Waals surface area contributed by atoms with Gasteiger partial charge in [-0.3, -0.25) is 15.0 Å². The second kappa shape index (κ2) is 7.73. The molecule has 1 atom stereocenters. The zero-order valence-electron chi connectivity index (χ0n) is 14.7. The fourth-order valence-corrected chi connectivity index (χ4v) is 3.37. The molecule has 1 aromatic heterocycles. The smallest absolute Gasteiger partial charge is 0.333 e. The van der Waals surface area contributed by atoms with E-state index < -0.39 is 23.4 Å². The van der Waals surface area contributed by atoms with Crippen molar-refractivity contribution in [2.75, 3.05) is 5.75 Å². The Balaban J connectivity index is 1.56. The van der Waals surface area contributed by atoms with Crippen molar-refractivity contribution in [2.45, 2.75) is 31.0 Å². The number of benzene rings is 1. The van der Waals surface area contributed by atoms with Gasteiger partial charge in [0, 0.05) is 4.47 Å². The number of halogens is 1. The molecule has 1 aromatic carbocycles. The summed E-state index contributed by atoms with van der Waals surface area (Å²) in [5.41, 5.74) is 3.16. The van der Waals surface area contributed by atoms with E-state index in [0.29, 0.717) is 11.6 Å². The van der Waals surface area contributed by atoms with Gasteiger partial charge in [-0.05, 0) is 31.0 Å². The zero-order valence-corrected chi connectivity index (χ0v) is 17.1. The van der Waals surface area contributed by atoms with Crippen LogP contribution < -0.4 is 10.7 Å². The number of nitrogens with zero attached hydrogens (tertiary/aromatic N) is 2. The van der Waals surface area contributed by atoms with Crippen molar-refractivity contribution in [1.29, 1.82) is 0 Å². The third-order valence-electron chi connectivity index (χ3n) is 4.25. The van der Waals surface area contributed by atoms with Crippen molar-refractivity contribution in [3.8, 4) is 11.3 Å². The number of urea groups is 1. The molecule has 1 aliphatic heterocycles. The summed E-state index contributed by atoms with van der Waals surface area (Å²) in [6, 6.07) is 7.12. The van der Waals surface area contributed by atoms with E-state index in [4.69, 9.17) is 0 Å². The van der Waals surface area contributed by atoms with Crippen LogP contribution in [0.3, 0.4) is 0 Å². The van der Waals surface area contributed by atoms with Crippen molar-refractivity contribution in [3.63, 3.8) is 0 Å². The summed E-state index contributed by atoms with van der Waals surface area (Å²) in [5, 5.41) is 3.88. The number of aromatic nitrogens is 2. The molecule has 1 fully saturated rings. The Labute approximate surface area is 168 Å². The number of nitrogens with one attached hydrogen (secondary N) is 3. The summed E-state index contributed by atoms with van der Waals surface area (Å²) in [6.45, 7) is 3.42. The van der Waals surface area contributed by atoms with Gasteiger partial charge in [-0.2, -0.15) is 5.01 Å². The number of hydrogen-bond acceptors (Lipinski definition) is 5. The third kappa shape index (κ3) is 4.16. The molecule has 0 saturated carbocycles. The number of amides is 4. The molecule has 3 rings (SSSR count). The molecule has 8 nitrogen and oxygen atoms in total. The highest BCUT2D eigenvalue weighted by molar-refractivity contribution is 9.10. The molecule has 1 saturated heterocycles. The highest BCUT2D eigenvalue weighted by atomic mass is 79.9. The topological polar surface area (TPSA) is 107 Å². The van der Waals surface area contributed by atoms with Crippen molar-refractivity contribution in [3.05, 3.63) is 34.9 Å². The molecule has 3 N–H and O–H groups in total. The van der Waals surface area contributed by atoms with Gasteiger partial charge in [0.15, 0.2) is 5.16 Å². The van der Waals surface area contributed by atoms with Gasteiger partial charge in [-0.15, -0.1) is 0 Å². The average Bonchev–Trinajstić information content (AvgIpc) is 3.20. The van der Waals surface area contributed by atoms with E-state index in [1.807, 2.05) is 24.3 Å². The Morgan fingerprint density at radius 3 is 2.67 bits per heavy atom. The molecular weight excluding hydrogens is 434 g/mol. The third-order valence-corrected chi connectivity index (χ3v) is 5.67. The second-order valence-electron chi connectivity index (χ2n) is 6.19. The van der Waals surface area contributed by atoms with E-state index in [0.717, 1.165) is 20.7 Å². The van der Waals surface area contributed by atoms with Crippen LogP contribution in [0.2, 0.25) is 0 Å². The number of aromatic amines is 1. The summed E-state index contributed by atoms with van der Waals surface area (Å²) in [6.07, 6.45) is 2.12. The predicted octanol–water partition coefficient (Wildman–Crippen LogP) is 2.68. The Hall–Kier alpha value is -2.33. The van der Waals surface area contributed by atoms with E-state index in [9.17, 15) is 14.4 Å². The Morgan fingerprint density at radius 1 is 1.33 bits per heavy atom. The van der Waals surface area contributed by atoms with Crippen LogP contribution in [-0.2, 0) is 9.59 Å². The first kappa shape index (κ1) is 19.4. The van der Waals surface area contributed by atoms with Crippen LogP contribution in [-0.4, -0.2) is 44.1 Å². The molecule has 2 heterocycles. The molecule has 142 valence electrons. The minimum absolute atomic E-state index is 0.00713. The molecule has 4 amide bonds. The standard InChI is InChI=1S/C17H18BrN5O3S/c1-3-17(2)14(25)23(16(26)21-17)22-13(24)9-27-15-19-8-12(20-15)10-4-6-11(18)7-5-10/h4-8H,3,9H2,1-2H3,(H,19,20)(H,21,26)(H,22,24). The quantitative estimate of drug-likeness (QED) is 0.462. The van der Waals surface area contributed by atoms with Crippen LogP contribution in [0.5, 0.6) is 0 Å². The summed E-state index contributed by atoms with van der Waals surface area (Å²) in [4.78, 5) is 43.7. The van der Waals surface area contributed by atoms with E-state index in [2.05, 4.69) is 36.6 Å². The van der Waals surface area contributed by atoms with Crippen LogP contribution in [0.15, 0.2) is 40.1 Å². The first-order valence-corrected chi connectivity index (χ1v) is 10.00. The number of thioether (sulfide) groups is 1. The summed E-state index contributed by atoms with van der Waals surface area (Å²) >= 11 is 4.57. The number of carbonyl (C=O) groups excluding carboxylic acids is 3. The maximum Gasteiger partial charge on any atom is 0.344 e. The molecule has 0 aliphatic carbocycles. The van der Waals surface area contributed by atoms with Crippen LogP contribution in [0, 0.1) is 0 Å². The number of carbonyl (C=O) groups is 3. The summed E-state index contributed by atoms with van der Waals surface area (Å²) in [5.74, 6) is -0.929. The lowest BCUT2D eigenvalue weighted by Crippen LogP contribution is -2.49. The minimum Gasteiger partial charge on any atom is -0.333 e. The number of hydrazine groups is 1. The van der Waals surface area contributed by atoms with Crippen molar-refractivity contribution < 1.29 is 14.4 Å². The predicted molar refractivity (Wildman–Crippen MR) is 105 cm³/mol. The Kier molecular flexibility index (Phi) is 5.56. The Bertz CT molecular complexity index is 885. The zero-order chi connectivity index (χ0) is 19.6. The SMILES string of the molecule is CCC1(C)NC(=O)N(NC(=O)CSc2ncc(-c3ccc(Br)cc3)[nH]2)C1=O. The van der Waals surface area contributed by atoms with Gasteiger partial charge in [0.05, 0.1) is 17.6 Å². The first-order valence-electron chi connectivity index (χ1n) is 8.22. The van der Waals surface area contributed by atoms with Gasteiger partial charge >= 0.3 is 6.03 Å². The van der Waals surface area contributed by atoms with Gasteiger partial charge < -0.3 is 10.3 Å². The fourth-order valence-electron chi connectivity index (χ4n) is 2.47. The van der Waals surface area contributed by atoms with Crippen molar-refractivity contribution >= 4 is 45.5 Å². The molecule has 27 heavy (non-hydrogen) atoms. The van der Waals surface area contributed by atoms with Crippen LogP contribution in [0.1, 0.15) is 20.3 Å². The lowest BCUT2D eigenvalue weighted by Gasteiger charge is -2.19. The lowest BCUT2D eigenvalue weighted by molar-refractivity contribution is -0.137. The monoisotopic (exact) mass is 451 g/mol. The van der Waals surface area contributed by atoms with Gasteiger partial charge in [0.1, 0.15) is 5.54 Å². The fraction of sp³-hybridized carbons (Fsp3) is 0.294. The number of H-pyrrole nitrogens is 1. The minimum atomic E-state index is -0.988. The van der Waals surface area contributed by atoms with E-state index >= 15 is 0 Å². The van der Waals surface area contributed by atoms with Gasteiger partial charge in [-0.1, -0.05) is 46.7 Å². The van der Waals surface area contributed by atoms with Gasteiger partial charge in [-0.25, -0.2) is 9.78 Å². The largest absolute Gasteiger partial charge is 0.344 e. The number of hydrogen-bond donors (Lipinski definition) is 3. The van der Waals surface area contributed by atoms with E-state index in [-0.39, 0.29) is 5.75 Å². The maximum absolute atomic E-state index is 12.3. The lowest BCUT2D eigenvalue weighted by atomic mass is 10.00. The van der Waals surface area contributed by atoms with Gasteiger partial charge in [0.2, 0.25) is 5.91 Å². The Morgan fingerprint density at radius 2 is 2.04 bits per heavy atom. The highest BCUT2D eigenvalue weighted by Crippen LogP contribution is 2.23. The number of imide groups is 1. The molecule has 1 aliphatic rings. The van der Waals surface area contributed by atoms with E-state index in [1.54, 1.807) is 20.0 Å². The van der Waals surface area contributed by atoms with Crippen LogP contribution in [0.25, 0.3) is 11.3 Å². The molecule has 0 spiro atoms. The molecule has 1 unspecified atom stereocenters. The van der Waals surface area contributed by atoms with Crippen LogP contribution >= 0.6 is 27.7 Å². The first-order chi connectivity index (χ1) is 12.8. The number of imidazole rings is 1. The highest BCUT2D eigenvalue weighted by Gasteiger charge is 2.47. The van der Waals surface area contributed by atoms with E-state index in [1.165, 1.54) is 11.8 Å². The average molecular weight is 452 g/mol. The molecule has 0 bridgehead atoms. The summed E-state index contributed by atoms with van der Waals surface area (Å²) < 4.78 is 0.983.